The summed E-state index contributed by atoms with van der Waals surface area (Å²) in [4.78, 5) is 17.6. The summed E-state index contributed by atoms with van der Waals surface area (Å²) in [5, 5.41) is 3.39. The number of aryl methyl sites for hydroxylation is 1. The second-order valence-electron chi connectivity index (χ2n) is 8.08. The fraction of sp³-hybridized carbons (Fsp3) is 0.429. The molecule has 2 heterocycles. The molecule has 1 aliphatic heterocycles. The number of aromatic nitrogens is 1. The number of ketones is 1. The number of carbonyl (C=O) groups excluding carboxylic acids is 1. The first-order chi connectivity index (χ1) is 11.9. The molecule has 0 spiro atoms. The number of Topliss-reactive ketones (excluding diaryl/α,β-unsaturated/α-hetero) is 1. The molecule has 130 valence electrons. The number of anilines is 1. The van der Waals surface area contributed by atoms with Crippen molar-refractivity contribution in [1.29, 1.82) is 0 Å². The van der Waals surface area contributed by atoms with Crippen molar-refractivity contribution in [2.24, 2.45) is 5.41 Å². The van der Waals surface area contributed by atoms with E-state index in [-0.39, 0.29) is 11.2 Å². The number of benzene rings is 1. The monoisotopic (exact) mass is 336 g/mol. The smallest absolute Gasteiger partial charge is 0.183 e. The molecule has 4 rings (SSSR count). The first kappa shape index (κ1) is 16.1. The predicted octanol–water partition coefficient (Wildman–Crippen LogP) is 4.75. The summed E-state index contributed by atoms with van der Waals surface area (Å²) in [5.41, 5.74) is 3.54. The van der Waals surface area contributed by atoms with E-state index in [1.165, 1.54) is 12.0 Å². The molecule has 0 amide bonds. The van der Waals surface area contributed by atoms with E-state index in [2.05, 4.69) is 62.3 Å². The molecule has 0 saturated heterocycles. The Labute approximate surface area is 148 Å². The fourth-order valence-electron chi connectivity index (χ4n) is 4.54. The van der Waals surface area contributed by atoms with E-state index in [9.17, 15) is 4.79 Å². The lowest BCUT2D eigenvalue weighted by Crippen LogP contribution is -2.43. The van der Waals surface area contributed by atoms with Crippen LogP contribution in [0.25, 0.3) is 0 Å². The van der Waals surface area contributed by atoms with Gasteiger partial charge < -0.3 is 9.73 Å². The van der Waals surface area contributed by atoms with E-state index in [1.807, 2.05) is 0 Å². The third-order valence-corrected chi connectivity index (χ3v) is 5.57. The average Bonchev–Trinajstić information content (AvgIpc) is 3.00. The fourth-order valence-corrected chi connectivity index (χ4v) is 4.54. The van der Waals surface area contributed by atoms with Crippen LogP contribution in [0.4, 0.5) is 5.82 Å². The molecule has 4 heteroatoms. The largest absolute Gasteiger partial charge is 0.445 e. The summed E-state index contributed by atoms with van der Waals surface area (Å²) in [7, 11) is 0. The summed E-state index contributed by atoms with van der Waals surface area (Å²) < 4.78 is 5.85. The normalized spacial score (nSPS) is 24.6. The van der Waals surface area contributed by atoms with Gasteiger partial charge in [0.25, 0.3) is 0 Å². The Hall–Kier alpha value is -2.36. The number of nitrogens with zero attached hydrogens (tertiary/aromatic N) is 1. The number of carbonyl (C=O) groups is 1. The van der Waals surface area contributed by atoms with Crippen LogP contribution in [0.5, 0.6) is 0 Å². The third-order valence-electron chi connectivity index (χ3n) is 5.57. The number of oxazole rings is 1. The Kier molecular flexibility index (Phi) is 3.43. The topological polar surface area (TPSA) is 55.1 Å². The van der Waals surface area contributed by atoms with Crippen LogP contribution >= 0.6 is 0 Å². The van der Waals surface area contributed by atoms with Crippen molar-refractivity contribution in [1.82, 2.24) is 4.98 Å². The summed E-state index contributed by atoms with van der Waals surface area (Å²) in [6, 6.07) is 8.40. The van der Waals surface area contributed by atoms with Crippen LogP contribution in [-0.2, 0) is 10.2 Å². The predicted molar refractivity (Wildman–Crippen MR) is 97.4 cm³/mol. The Morgan fingerprint density at radius 3 is 2.80 bits per heavy atom. The van der Waals surface area contributed by atoms with Gasteiger partial charge in [0.15, 0.2) is 23.8 Å². The number of hydrogen-bond acceptors (Lipinski definition) is 4. The maximum atomic E-state index is 13.2. The number of rotatable bonds is 2. The van der Waals surface area contributed by atoms with Gasteiger partial charge in [0.05, 0.1) is 5.41 Å². The van der Waals surface area contributed by atoms with E-state index in [1.54, 1.807) is 0 Å². The number of nitrogens with one attached hydrogen (secondary N) is 1. The minimum Gasteiger partial charge on any atom is -0.445 e. The molecule has 4 nitrogen and oxygen atoms in total. The van der Waals surface area contributed by atoms with Gasteiger partial charge in [-0.05, 0) is 30.7 Å². The van der Waals surface area contributed by atoms with E-state index >= 15 is 0 Å². The quantitative estimate of drug-likeness (QED) is 0.860. The third kappa shape index (κ3) is 2.27. The van der Waals surface area contributed by atoms with Crippen LogP contribution in [0.15, 0.2) is 46.3 Å². The number of fused-ring (bicyclic) bond motifs is 1. The highest BCUT2D eigenvalue weighted by atomic mass is 16.3. The molecule has 0 fully saturated rings. The van der Waals surface area contributed by atoms with Crippen molar-refractivity contribution in [2.75, 3.05) is 5.32 Å². The minimum absolute atomic E-state index is 0.0454. The zero-order valence-electron chi connectivity index (χ0n) is 15.3. The standard InChI is InChI=1S/C21H24N2O2/c1-5-21(14-8-6-7-13(2)9-14)17-15(10-20(3,4)11-16(17)24)23-19-18(21)25-12-22-19/h6-9,12,23H,5,10-11H2,1-4H3. The van der Waals surface area contributed by atoms with Crippen molar-refractivity contribution >= 4 is 11.6 Å². The summed E-state index contributed by atoms with van der Waals surface area (Å²) in [5.74, 6) is 1.71. The van der Waals surface area contributed by atoms with E-state index in [0.717, 1.165) is 41.3 Å². The molecule has 25 heavy (non-hydrogen) atoms. The Morgan fingerprint density at radius 1 is 1.28 bits per heavy atom. The summed E-state index contributed by atoms with van der Waals surface area (Å²) in [6.07, 6.45) is 3.63. The van der Waals surface area contributed by atoms with Crippen LogP contribution in [-0.4, -0.2) is 10.8 Å². The average molecular weight is 336 g/mol. The van der Waals surface area contributed by atoms with Crippen LogP contribution in [0.2, 0.25) is 0 Å². The molecular formula is C21H24N2O2. The van der Waals surface area contributed by atoms with Crippen LogP contribution in [0, 0.1) is 12.3 Å². The molecule has 0 saturated carbocycles. The van der Waals surface area contributed by atoms with E-state index in [0.29, 0.717) is 6.42 Å². The van der Waals surface area contributed by atoms with Gasteiger partial charge in [-0.3, -0.25) is 4.79 Å². The lowest BCUT2D eigenvalue weighted by molar-refractivity contribution is -0.118. The lowest BCUT2D eigenvalue weighted by Gasteiger charge is -2.43. The molecule has 0 bridgehead atoms. The molecule has 1 unspecified atom stereocenters. The molecular weight excluding hydrogens is 312 g/mol. The van der Waals surface area contributed by atoms with E-state index in [4.69, 9.17) is 4.42 Å². The van der Waals surface area contributed by atoms with Gasteiger partial charge in [-0.2, -0.15) is 4.98 Å². The molecule has 2 aromatic rings. The van der Waals surface area contributed by atoms with Gasteiger partial charge in [-0.25, -0.2) is 0 Å². The van der Waals surface area contributed by atoms with Crippen LogP contribution in [0.3, 0.4) is 0 Å². The van der Waals surface area contributed by atoms with Gasteiger partial charge in [0.1, 0.15) is 0 Å². The Morgan fingerprint density at radius 2 is 2.08 bits per heavy atom. The SMILES string of the molecule is CCC1(c2cccc(C)c2)C2=C(CC(C)(C)CC2=O)Nc2ncoc21. The van der Waals surface area contributed by atoms with E-state index < -0.39 is 5.41 Å². The highest BCUT2D eigenvalue weighted by Gasteiger charge is 2.51. The highest BCUT2D eigenvalue weighted by molar-refractivity contribution is 6.02. The second-order valence-corrected chi connectivity index (χ2v) is 8.08. The summed E-state index contributed by atoms with van der Waals surface area (Å²) in [6.45, 7) is 8.50. The second kappa shape index (κ2) is 5.32. The molecule has 1 aromatic carbocycles. The molecule has 1 atom stereocenters. The Balaban J connectivity index is 2.04. The molecule has 1 aromatic heterocycles. The number of allylic oxidation sites excluding steroid dienone is 2. The molecule has 0 radical (unpaired) electrons. The summed E-state index contributed by atoms with van der Waals surface area (Å²) >= 11 is 0. The highest BCUT2D eigenvalue weighted by Crippen LogP contribution is 2.53. The van der Waals surface area contributed by atoms with Crippen molar-refractivity contribution in [3.8, 4) is 0 Å². The van der Waals surface area contributed by atoms with Crippen molar-refractivity contribution in [3.05, 3.63) is 58.8 Å². The van der Waals surface area contributed by atoms with Crippen molar-refractivity contribution in [3.63, 3.8) is 0 Å². The maximum Gasteiger partial charge on any atom is 0.183 e. The first-order valence-corrected chi connectivity index (χ1v) is 8.92. The van der Waals surface area contributed by atoms with Gasteiger partial charge in [0.2, 0.25) is 0 Å². The number of hydrogen-bond donors (Lipinski definition) is 1. The first-order valence-electron chi connectivity index (χ1n) is 8.92. The van der Waals surface area contributed by atoms with Gasteiger partial charge in [-0.1, -0.05) is 50.6 Å². The van der Waals surface area contributed by atoms with Gasteiger partial charge >= 0.3 is 0 Å². The van der Waals surface area contributed by atoms with Gasteiger partial charge in [-0.15, -0.1) is 0 Å². The van der Waals surface area contributed by atoms with Crippen molar-refractivity contribution in [2.45, 2.75) is 52.4 Å². The molecule has 1 aliphatic carbocycles. The van der Waals surface area contributed by atoms with Crippen LogP contribution < -0.4 is 5.32 Å². The van der Waals surface area contributed by atoms with Crippen molar-refractivity contribution < 1.29 is 9.21 Å². The molecule has 1 N–H and O–H groups in total. The molecule has 2 aliphatic rings. The minimum atomic E-state index is -0.563. The zero-order valence-corrected chi connectivity index (χ0v) is 15.3. The lowest BCUT2D eigenvalue weighted by atomic mass is 9.61. The maximum absolute atomic E-state index is 13.2. The van der Waals surface area contributed by atoms with Gasteiger partial charge in [0, 0.05) is 17.7 Å². The Bertz CT molecular complexity index is 891. The van der Waals surface area contributed by atoms with Crippen LogP contribution in [0.1, 0.15) is 56.9 Å². The zero-order chi connectivity index (χ0) is 17.8.